The van der Waals surface area contributed by atoms with E-state index in [0.717, 1.165) is 24.0 Å². The average Bonchev–Trinajstić information content (AvgIpc) is 3.43. The molecule has 1 saturated heterocycles. The molecule has 3 aliphatic rings. The van der Waals surface area contributed by atoms with E-state index in [4.69, 9.17) is 9.47 Å². The number of alkyl carbamates (subject to hydrolysis) is 1. The molecular weight excluding hydrogens is 382 g/mol. The van der Waals surface area contributed by atoms with Crippen molar-refractivity contribution in [3.8, 4) is 11.1 Å². The number of hydrogen-bond donors (Lipinski definition) is 2. The number of benzene rings is 2. The van der Waals surface area contributed by atoms with Crippen LogP contribution < -0.4 is 5.32 Å². The van der Waals surface area contributed by atoms with Crippen LogP contribution in [0.4, 0.5) is 4.79 Å². The number of fused-ring (bicyclic) bond motifs is 3. The third kappa shape index (κ3) is 3.56. The van der Waals surface area contributed by atoms with E-state index in [1.807, 2.05) is 24.3 Å². The van der Waals surface area contributed by atoms with Gasteiger partial charge in [0.1, 0.15) is 6.61 Å². The fourth-order valence-corrected chi connectivity index (χ4v) is 4.94. The maximum absolute atomic E-state index is 12.7. The Morgan fingerprint density at radius 1 is 1.07 bits per heavy atom. The first-order valence-corrected chi connectivity index (χ1v) is 10.5. The van der Waals surface area contributed by atoms with Crippen molar-refractivity contribution in [2.75, 3.05) is 13.2 Å². The largest absolute Gasteiger partial charge is 0.481 e. The predicted octanol–water partition coefficient (Wildman–Crippen LogP) is 3.94. The van der Waals surface area contributed by atoms with Gasteiger partial charge in [-0.2, -0.15) is 0 Å². The van der Waals surface area contributed by atoms with Crippen LogP contribution in [0.3, 0.4) is 0 Å². The predicted molar refractivity (Wildman–Crippen MR) is 110 cm³/mol. The normalized spacial score (nSPS) is 24.9. The van der Waals surface area contributed by atoms with E-state index >= 15 is 0 Å². The molecule has 2 atom stereocenters. The molecule has 2 fully saturated rings. The Labute approximate surface area is 175 Å². The number of nitrogens with one attached hydrogen (secondary N) is 1. The number of rotatable bonds is 6. The third-order valence-electron chi connectivity index (χ3n) is 6.51. The summed E-state index contributed by atoms with van der Waals surface area (Å²) < 4.78 is 11.5. The second-order valence-electron chi connectivity index (χ2n) is 8.69. The highest BCUT2D eigenvalue weighted by Gasteiger charge is 2.48. The molecule has 6 heteroatoms. The standard InChI is InChI=1S/C24H25NO5/c26-22(27)12-24(11-21(30-14-24)15-9-10-15)25-23(28)29-13-20-18-7-3-1-5-16(18)17-6-2-4-8-19(17)20/h1-8,15,20-21H,9-14H2,(H,25,28)(H,26,27). The molecule has 2 unspecified atom stereocenters. The van der Waals surface area contributed by atoms with Crippen LogP contribution in [-0.2, 0) is 14.3 Å². The van der Waals surface area contributed by atoms with Crippen LogP contribution in [0.1, 0.15) is 42.7 Å². The van der Waals surface area contributed by atoms with Crippen LogP contribution in [0.15, 0.2) is 48.5 Å². The smallest absolute Gasteiger partial charge is 0.407 e. The zero-order chi connectivity index (χ0) is 20.7. The van der Waals surface area contributed by atoms with Crippen LogP contribution in [-0.4, -0.2) is 42.0 Å². The maximum Gasteiger partial charge on any atom is 0.407 e. The highest BCUT2D eigenvalue weighted by Crippen LogP contribution is 2.45. The highest BCUT2D eigenvalue weighted by molar-refractivity contribution is 5.79. The van der Waals surface area contributed by atoms with E-state index in [9.17, 15) is 14.7 Å². The minimum Gasteiger partial charge on any atom is -0.481 e. The first-order valence-electron chi connectivity index (χ1n) is 10.5. The van der Waals surface area contributed by atoms with Gasteiger partial charge in [0.15, 0.2) is 0 Å². The van der Waals surface area contributed by atoms with Gasteiger partial charge in [0.2, 0.25) is 0 Å². The quantitative estimate of drug-likeness (QED) is 0.758. The van der Waals surface area contributed by atoms with Crippen molar-refractivity contribution in [3.05, 3.63) is 59.7 Å². The Bertz CT molecular complexity index is 940. The van der Waals surface area contributed by atoms with Crippen molar-refractivity contribution in [1.82, 2.24) is 5.32 Å². The molecule has 0 bridgehead atoms. The van der Waals surface area contributed by atoms with Crippen molar-refractivity contribution in [2.24, 2.45) is 5.92 Å². The molecule has 156 valence electrons. The summed E-state index contributed by atoms with van der Waals surface area (Å²) in [4.78, 5) is 24.1. The molecule has 1 aliphatic heterocycles. The Morgan fingerprint density at radius 2 is 1.70 bits per heavy atom. The molecule has 0 radical (unpaired) electrons. The zero-order valence-electron chi connectivity index (χ0n) is 16.7. The van der Waals surface area contributed by atoms with Crippen molar-refractivity contribution >= 4 is 12.1 Å². The first kappa shape index (κ1) is 19.1. The summed E-state index contributed by atoms with van der Waals surface area (Å²) in [5, 5.41) is 12.2. The lowest BCUT2D eigenvalue weighted by Gasteiger charge is -2.27. The van der Waals surface area contributed by atoms with E-state index in [1.54, 1.807) is 0 Å². The second kappa shape index (κ2) is 7.43. The van der Waals surface area contributed by atoms with Gasteiger partial charge in [-0.05, 0) is 47.4 Å². The van der Waals surface area contributed by atoms with Crippen LogP contribution in [0.2, 0.25) is 0 Å². The van der Waals surface area contributed by atoms with Crippen molar-refractivity contribution < 1.29 is 24.2 Å². The van der Waals surface area contributed by atoms with Crippen LogP contribution >= 0.6 is 0 Å². The van der Waals surface area contributed by atoms with Crippen LogP contribution in [0.25, 0.3) is 11.1 Å². The number of carbonyl (C=O) groups excluding carboxylic acids is 1. The van der Waals surface area contributed by atoms with Gasteiger partial charge in [0.05, 0.1) is 24.7 Å². The molecular formula is C24H25NO5. The average molecular weight is 407 g/mol. The summed E-state index contributed by atoms with van der Waals surface area (Å²) in [6.45, 7) is 0.417. The summed E-state index contributed by atoms with van der Waals surface area (Å²) in [6, 6.07) is 16.3. The molecule has 6 nitrogen and oxygen atoms in total. The summed E-state index contributed by atoms with van der Waals surface area (Å²) in [5.41, 5.74) is 3.72. The number of ether oxygens (including phenoxy) is 2. The molecule has 2 aromatic rings. The van der Waals surface area contributed by atoms with Gasteiger partial charge in [-0.25, -0.2) is 4.79 Å². The van der Waals surface area contributed by atoms with Gasteiger partial charge in [0.25, 0.3) is 0 Å². The molecule has 30 heavy (non-hydrogen) atoms. The number of carbonyl (C=O) groups is 2. The molecule has 0 spiro atoms. The van der Waals surface area contributed by atoms with Gasteiger partial charge in [-0.15, -0.1) is 0 Å². The van der Waals surface area contributed by atoms with E-state index < -0.39 is 17.6 Å². The van der Waals surface area contributed by atoms with Gasteiger partial charge >= 0.3 is 12.1 Å². The van der Waals surface area contributed by atoms with Gasteiger partial charge in [-0.3, -0.25) is 4.79 Å². The van der Waals surface area contributed by atoms with Crippen molar-refractivity contribution in [3.63, 3.8) is 0 Å². The third-order valence-corrected chi connectivity index (χ3v) is 6.51. The number of carboxylic acid groups (broad SMARTS) is 1. The molecule has 1 amide bonds. The molecule has 2 aromatic carbocycles. The molecule has 0 aromatic heterocycles. The molecule has 2 N–H and O–H groups in total. The minimum atomic E-state index is -0.950. The number of carboxylic acids is 1. The lowest BCUT2D eigenvalue weighted by Crippen LogP contribution is -2.51. The number of amides is 1. The Balaban J connectivity index is 1.28. The van der Waals surface area contributed by atoms with E-state index in [-0.39, 0.29) is 31.7 Å². The van der Waals surface area contributed by atoms with Gasteiger partial charge in [-0.1, -0.05) is 48.5 Å². The highest BCUT2D eigenvalue weighted by atomic mass is 16.6. The fourth-order valence-electron chi connectivity index (χ4n) is 4.94. The van der Waals surface area contributed by atoms with E-state index in [0.29, 0.717) is 12.3 Å². The van der Waals surface area contributed by atoms with Crippen molar-refractivity contribution in [2.45, 2.75) is 43.2 Å². The molecule has 1 saturated carbocycles. The monoisotopic (exact) mass is 407 g/mol. The summed E-state index contributed by atoms with van der Waals surface area (Å²) in [5.74, 6) is -0.489. The minimum absolute atomic E-state index is 0.0261. The topological polar surface area (TPSA) is 84.9 Å². The Kier molecular flexibility index (Phi) is 4.74. The Morgan fingerprint density at radius 3 is 2.30 bits per heavy atom. The van der Waals surface area contributed by atoms with Crippen LogP contribution in [0.5, 0.6) is 0 Å². The lowest BCUT2D eigenvalue weighted by molar-refractivity contribution is -0.138. The lowest BCUT2D eigenvalue weighted by atomic mass is 9.91. The number of hydrogen-bond acceptors (Lipinski definition) is 4. The second-order valence-corrected chi connectivity index (χ2v) is 8.69. The van der Waals surface area contributed by atoms with Gasteiger partial charge in [0, 0.05) is 5.92 Å². The van der Waals surface area contributed by atoms with Gasteiger partial charge < -0.3 is 19.9 Å². The summed E-state index contributed by atoms with van der Waals surface area (Å²) >= 11 is 0. The van der Waals surface area contributed by atoms with E-state index in [2.05, 4.69) is 29.6 Å². The van der Waals surface area contributed by atoms with Crippen LogP contribution in [0, 0.1) is 5.92 Å². The zero-order valence-corrected chi connectivity index (χ0v) is 16.7. The summed E-state index contributed by atoms with van der Waals surface area (Å²) in [7, 11) is 0. The van der Waals surface area contributed by atoms with E-state index in [1.165, 1.54) is 11.1 Å². The van der Waals surface area contributed by atoms with Crippen molar-refractivity contribution in [1.29, 1.82) is 0 Å². The SMILES string of the molecule is O=C(O)CC1(NC(=O)OCC2c3ccccc3-c3ccccc32)COC(C2CC2)C1. The maximum atomic E-state index is 12.7. The Hall–Kier alpha value is -2.86. The fraction of sp³-hybridized carbons (Fsp3) is 0.417. The molecule has 2 aliphatic carbocycles. The first-order chi connectivity index (χ1) is 14.5. The molecule has 1 heterocycles. The number of aliphatic carboxylic acids is 1. The molecule has 5 rings (SSSR count). The summed E-state index contributed by atoms with van der Waals surface area (Å²) in [6.07, 6.45) is 2.02.